The molecule has 1 aromatic carbocycles. The van der Waals surface area contributed by atoms with E-state index in [0.29, 0.717) is 17.5 Å². The molecule has 34 heavy (non-hydrogen) atoms. The van der Waals surface area contributed by atoms with Crippen molar-refractivity contribution >= 4 is 28.8 Å². The molecule has 1 amide bonds. The van der Waals surface area contributed by atoms with Crippen LogP contribution in [-0.2, 0) is 11.3 Å². The lowest BCUT2D eigenvalue weighted by Gasteiger charge is -2.24. The van der Waals surface area contributed by atoms with Crippen molar-refractivity contribution in [3.05, 3.63) is 52.0 Å². The fourth-order valence-electron chi connectivity index (χ4n) is 5.21. The molecule has 5 rings (SSSR count). The predicted octanol–water partition coefficient (Wildman–Crippen LogP) is 6.73. The molecule has 1 saturated heterocycles. The number of nitrogens with zero attached hydrogens (tertiary/aromatic N) is 2. The number of ether oxygens (including phenoxy) is 1. The van der Waals surface area contributed by atoms with Gasteiger partial charge >= 0.3 is 0 Å². The number of halogens is 1. The SMILES string of the molecule is Cc1c(C(=O)NCC2CCCO2)cc(-c2csc(-c3ccccc3Cl)n2)n1CC1CCCCC1. The second kappa shape index (κ2) is 10.6. The van der Waals surface area contributed by atoms with E-state index in [2.05, 4.69) is 22.2 Å². The van der Waals surface area contributed by atoms with Gasteiger partial charge in [0, 0.05) is 36.3 Å². The molecule has 7 heteroatoms. The molecule has 2 aromatic heterocycles. The van der Waals surface area contributed by atoms with Crippen LogP contribution in [0.4, 0.5) is 0 Å². The molecule has 5 nitrogen and oxygen atoms in total. The molecule has 3 aromatic rings. The summed E-state index contributed by atoms with van der Waals surface area (Å²) in [4.78, 5) is 18.1. The lowest BCUT2D eigenvalue weighted by molar-refractivity contribution is 0.0857. The van der Waals surface area contributed by atoms with E-state index in [1.807, 2.05) is 30.3 Å². The van der Waals surface area contributed by atoms with Gasteiger partial charge in [-0.15, -0.1) is 11.3 Å². The fourth-order valence-corrected chi connectivity index (χ4v) is 6.34. The van der Waals surface area contributed by atoms with Crippen molar-refractivity contribution < 1.29 is 9.53 Å². The van der Waals surface area contributed by atoms with Crippen LogP contribution in [0.15, 0.2) is 35.7 Å². The van der Waals surface area contributed by atoms with Gasteiger partial charge in [-0.2, -0.15) is 0 Å². The minimum atomic E-state index is -0.0294. The molecule has 1 aliphatic heterocycles. The summed E-state index contributed by atoms with van der Waals surface area (Å²) in [7, 11) is 0. The van der Waals surface area contributed by atoms with Gasteiger partial charge in [0.15, 0.2) is 0 Å². The Hall–Kier alpha value is -2.15. The predicted molar refractivity (Wildman–Crippen MR) is 139 cm³/mol. The first-order chi connectivity index (χ1) is 16.6. The van der Waals surface area contributed by atoms with Gasteiger partial charge < -0.3 is 14.6 Å². The number of carbonyl (C=O) groups is 1. The molecule has 1 N–H and O–H groups in total. The summed E-state index contributed by atoms with van der Waals surface area (Å²) in [6.45, 7) is 4.35. The van der Waals surface area contributed by atoms with Crippen molar-refractivity contribution in [2.24, 2.45) is 5.92 Å². The Morgan fingerprint density at radius 2 is 2.03 bits per heavy atom. The van der Waals surface area contributed by atoms with Crippen LogP contribution in [0.5, 0.6) is 0 Å². The summed E-state index contributed by atoms with van der Waals surface area (Å²) in [5, 5.41) is 6.78. The van der Waals surface area contributed by atoms with E-state index in [0.717, 1.165) is 59.2 Å². The molecule has 2 aliphatic rings. The first kappa shape index (κ1) is 23.6. The lowest BCUT2D eigenvalue weighted by atomic mass is 9.89. The third-order valence-corrected chi connectivity index (χ3v) is 8.37. The molecule has 1 aliphatic carbocycles. The van der Waals surface area contributed by atoms with Gasteiger partial charge in [-0.1, -0.05) is 49.1 Å². The molecule has 0 spiro atoms. The highest BCUT2D eigenvalue weighted by molar-refractivity contribution is 7.13. The summed E-state index contributed by atoms with van der Waals surface area (Å²) in [5.41, 5.74) is 4.60. The van der Waals surface area contributed by atoms with Crippen molar-refractivity contribution in [1.82, 2.24) is 14.9 Å². The van der Waals surface area contributed by atoms with Gasteiger partial charge in [0.05, 0.1) is 28.1 Å². The smallest absolute Gasteiger partial charge is 0.253 e. The second-order valence-corrected chi connectivity index (χ2v) is 10.8. The lowest BCUT2D eigenvalue weighted by Crippen LogP contribution is -2.32. The van der Waals surface area contributed by atoms with Gasteiger partial charge in [0.1, 0.15) is 5.01 Å². The second-order valence-electron chi connectivity index (χ2n) is 9.51. The number of amides is 1. The van der Waals surface area contributed by atoms with E-state index < -0.39 is 0 Å². The zero-order valence-electron chi connectivity index (χ0n) is 19.7. The molecule has 1 saturated carbocycles. The van der Waals surface area contributed by atoms with Crippen LogP contribution in [0.25, 0.3) is 22.0 Å². The molecule has 3 heterocycles. The van der Waals surface area contributed by atoms with Gasteiger partial charge in [-0.25, -0.2) is 4.98 Å². The number of nitrogens with one attached hydrogen (secondary N) is 1. The number of thiazole rings is 1. The Bertz CT molecular complexity index is 1140. The number of carbonyl (C=O) groups excluding carboxylic acids is 1. The van der Waals surface area contributed by atoms with Crippen LogP contribution < -0.4 is 5.32 Å². The van der Waals surface area contributed by atoms with Crippen molar-refractivity contribution in [1.29, 1.82) is 0 Å². The maximum atomic E-state index is 13.2. The van der Waals surface area contributed by atoms with E-state index in [1.165, 1.54) is 32.1 Å². The summed E-state index contributed by atoms with van der Waals surface area (Å²) < 4.78 is 8.01. The summed E-state index contributed by atoms with van der Waals surface area (Å²) >= 11 is 8.02. The molecular weight excluding hydrogens is 466 g/mol. The van der Waals surface area contributed by atoms with Crippen molar-refractivity contribution in [2.75, 3.05) is 13.2 Å². The topological polar surface area (TPSA) is 56.1 Å². The first-order valence-corrected chi connectivity index (χ1v) is 13.7. The molecule has 0 radical (unpaired) electrons. The van der Waals surface area contributed by atoms with Crippen molar-refractivity contribution in [3.8, 4) is 22.0 Å². The summed E-state index contributed by atoms with van der Waals surface area (Å²) in [5.74, 6) is 0.612. The highest BCUT2D eigenvalue weighted by Crippen LogP contribution is 2.36. The zero-order chi connectivity index (χ0) is 23.5. The minimum Gasteiger partial charge on any atom is -0.376 e. The summed E-state index contributed by atoms with van der Waals surface area (Å²) in [6, 6.07) is 9.83. The van der Waals surface area contributed by atoms with Gasteiger partial charge in [0.25, 0.3) is 5.91 Å². The zero-order valence-corrected chi connectivity index (χ0v) is 21.3. The number of benzene rings is 1. The Balaban J connectivity index is 1.45. The largest absolute Gasteiger partial charge is 0.376 e. The van der Waals surface area contributed by atoms with E-state index in [9.17, 15) is 4.79 Å². The minimum absolute atomic E-state index is 0.0294. The summed E-state index contributed by atoms with van der Waals surface area (Å²) in [6.07, 6.45) is 8.63. The van der Waals surface area contributed by atoms with Gasteiger partial charge in [-0.05, 0) is 50.7 Å². The molecule has 0 bridgehead atoms. The Morgan fingerprint density at radius 3 is 2.79 bits per heavy atom. The van der Waals surface area contributed by atoms with Crippen LogP contribution >= 0.6 is 22.9 Å². The number of rotatable bonds is 7. The standard InChI is InChI=1S/C27H32ClN3O2S/c1-18-22(26(32)29-15-20-10-7-13-33-20)14-25(31(18)16-19-8-3-2-4-9-19)24-17-34-27(30-24)21-11-5-6-12-23(21)28/h5-6,11-12,14,17,19-20H,2-4,7-10,13,15-16H2,1H3,(H,29,32). The van der Waals surface area contributed by atoms with Crippen LogP contribution in [-0.4, -0.2) is 34.7 Å². The Kier molecular flexibility index (Phi) is 7.37. The van der Waals surface area contributed by atoms with Crippen LogP contribution in [0.1, 0.15) is 61.0 Å². The van der Waals surface area contributed by atoms with E-state index >= 15 is 0 Å². The van der Waals surface area contributed by atoms with Gasteiger partial charge in [-0.3, -0.25) is 4.79 Å². The Morgan fingerprint density at radius 1 is 1.21 bits per heavy atom. The maximum Gasteiger partial charge on any atom is 0.253 e. The molecule has 1 unspecified atom stereocenters. The highest BCUT2D eigenvalue weighted by atomic mass is 35.5. The van der Waals surface area contributed by atoms with Crippen LogP contribution in [0.2, 0.25) is 5.02 Å². The van der Waals surface area contributed by atoms with E-state index in [4.69, 9.17) is 21.3 Å². The van der Waals surface area contributed by atoms with Gasteiger partial charge in [0.2, 0.25) is 0 Å². The third kappa shape index (κ3) is 5.09. The number of hydrogen-bond donors (Lipinski definition) is 1. The normalized spacial score (nSPS) is 18.9. The van der Waals surface area contributed by atoms with Crippen LogP contribution in [0.3, 0.4) is 0 Å². The molecule has 2 fully saturated rings. The quantitative estimate of drug-likeness (QED) is 0.393. The average Bonchev–Trinajstić information content (AvgIpc) is 3.60. The molecule has 180 valence electrons. The van der Waals surface area contributed by atoms with Crippen molar-refractivity contribution in [3.63, 3.8) is 0 Å². The van der Waals surface area contributed by atoms with E-state index in [-0.39, 0.29) is 12.0 Å². The molecular formula is C27H32ClN3O2S. The number of aromatic nitrogens is 2. The average molecular weight is 498 g/mol. The fraction of sp³-hybridized carbons (Fsp3) is 0.481. The maximum absolute atomic E-state index is 13.2. The number of hydrogen-bond acceptors (Lipinski definition) is 4. The highest BCUT2D eigenvalue weighted by Gasteiger charge is 2.24. The van der Waals surface area contributed by atoms with E-state index in [1.54, 1.807) is 11.3 Å². The first-order valence-electron chi connectivity index (χ1n) is 12.4. The monoisotopic (exact) mass is 497 g/mol. The Labute approximate surface area is 210 Å². The molecule has 1 atom stereocenters. The van der Waals surface area contributed by atoms with Crippen LogP contribution in [0, 0.1) is 12.8 Å². The third-order valence-electron chi connectivity index (χ3n) is 7.16. The van der Waals surface area contributed by atoms with Crippen molar-refractivity contribution in [2.45, 2.75) is 64.5 Å².